The molecule has 0 unspecified atom stereocenters. The molecule has 0 bridgehead atoms. The maximum Gasteiger partial charge on any atom is 0.115 e. The molecule has 0 aliphatic heterocycles. The summed E-state index contributed by atoms with van der Waals surface area (Å²) in [4.78, 5) is 21.5. The van der Waals surface area contributed by atoms with Crippen LogP contribution in [0.5, 0.6) is 0 Å². The van der Waals surface area contributed by atoms with Crippen molar-refractivity contribution in [2.75, 3.05) is 0 Å². The lowest BCUT2D eigenvalue weighted by molar-refractivity contribution is 1.17. The van der Waals surface area contributed by atoms with Gasteiger partial charge in [-0.1, -0.05) is 30.3 Å². The van der Waals surface area contributed by atoms with Gasteiger partial charge in [-0.05, 0) is 16.8 Å². The van der Waals surface area contributed by atoms with Gasteiger partial charge in [-0.2, -0.15) is 0 Å². The third kappa shape index (κ3) is 2.22. The second-order valence-corrected chi connectivity index (χ2v) is 5.95. The van der Waals surface area contributed by atoms with Crippen LogP contribution < -0.4 is 0 Å². The van der Waals surface area contributed by atoms with E-state index in [0.717, 1.165) is 43.9 Å². The van der Waals surface area contributed by atoms with Gasteiger partial charge < -0.3 is 0 Å². The Hall–Kier alpha value is -3.73. The van der Waals surface area contributed by atoms with Gasteiger partial charge >= 0.3 is 0 Å². The number of hydrogen-bond acceptors (Lipinski definition) is 5. The summed E-state index contributed by atoms with van der Waals surface area (Å²) in [5.41, 5.74) is 4.96. The maximum atomic E-state index is 4.70. The van der Waals surface area contributed by atoms with E-state index in [9.17, 15) is 0 Å². The lowest BCUT2D eigenvalue weighted by Gasteiger charge is -2.15. The first-order valence-corrected chi connectivity index (χ1v) is 8.23. The Morgan fingerprint density at radius 3 is 1.73 bits per heavy atom. The van der Waals surface area contributed by atoms with Gasteiger partial charge in [0.15, 0.2) is 0 Å². The first kappa shape index (κ1) is 14.6. The molecule has 0 aliphatic carbocycles. The van der Waals surface area contributed by atoms with Crippen LogP contribution in [-0.2, 0) is 0 Å². The van der Waals surface area contributed by atoms with Crippen molar-refractivity contribution in [1.29, 1.82) is 0 Å². The summed E-state index contributed by atoms with van der Waals surface area (Å²) in [6.45, 7) is 0. The second-order valence-electron chi connectivity index (χ2n) is 5.95. The van der Waals surface area contributed by atoms with Crippen molar-refractivity contribution in [2.45, 2.75) is 0 Å². The van der Waals surface area contributed by atoms with E-state index in [0.29, 0.717) is 0 Å². The number of pyridine rings is 1. The van der Waals surface area contributed by atoms with Crippen molar-refractivity contribution in [2.24, 2.45) is 0 Å². The quantitative estimate of drug-likeness (QED) is 0.450. The maximum absolute atomic E-state index is 4.70. The fourth-order valence-electron chi connectivity index (χ4n) is 3.46. The summed E-state index contributed by atoms with van der Waals surface area (Å²) in [6.07, 6.45) is 12.2. The second kappa shape index (κ2) is 5.97. The minimum absolute atomic E-state index is 0.917. The Balaban J connectivity index is 2.02. The number of benzene rings is 2. The Kier molecular flexibility index (Phi) is 3.35. The molecule has 0 aliphatic rings. The Morgan fingerprint density at radius 1 is 0.538 bits per heavy atom. The van der Waals surface area contributed by atoms with Crippen LogP contribution in [0.2, 0.25) is 0 Å². The number of aromatic nitrogens is 5. The van der Waals surface area contributed by atoms with Gasteiger partial charge in [-0.3, -0.25) is 4.98 Å². The van der Waals surface area contributed by atoms with Gasteiger partial charge in [0.2, 0.25) is 0 Å². The molecule has 0 spiro atoms. The predicted octanol–water partition coefficient (Wildman–Crippen LogP) is 4.30. The van der Waals surface area contributed by atoms with E-state index in [1.54, 1.807) is 6.33 Å². The van der Waals surface area contributed by atoms with Crippen LogP contribution in [-0.4, -0.2) is 24.9 Å². The monoisotopic (exact) mass is 335 g/mol. The van der Waals surface area contributed by atoms with E-state index >= 15 is 0 Å². The van der Waals surface area contributed by atoms with Crippen molar-refractivity contribution < 1.29 is 0 Å². The molecular weight excluding hydrogens is 322 g/mol. The molecule has 0 radical (unpaired) electrons. The first-order chi connectivity index (χ1) is 12.9. The van der Waals surface area contributed by atoms with Crippen molar-refractivity contribution in [3.05, 3.63) is 80.0 Å². The van der Waals surface area contributed by atoms with Crippen LogP contribution in [0.15, 0.2) is 80.0 Å². The van der Waals surface area contributed by atoms with E-state index < -0.39 is 0 Å². The summed E-state index contributed by atoms with van der Waals surface area (Å²) < 4.78 is 0. The summed E-state index contributed by atoms with van der Waals surface area (Å²) in [5.74, 6) is 0. The highest BCUT2D eigenvalue weighted by Gasteiger charge is 2.17. The summed E-state index contributed by atoms with van der Waals surface area (Å²) in [7, 11) is 0. The average molecular weight is 335 g/mol. The van der Waals surface area contributed by atoms with E-state index in [1.807, 2.05) is 49.2 Å². The van der Waals surface area contributed by atoms with Crippen LogP contribution in [0.1, 0.15) is 0 Å². The number of rotatable bonds is 2. The van der Waals surface area contributed by atoms with Crippen molar-refractivity contribution >= 4 is 21.7 Å². The first-order valence-electron chi connectivity index (χ1n) is 8.23. The van der Waals surface area contributed by atoms with Gasteiger partial charge in [-0.25, -0.2) is 19.9 Å². The zero-order valence-electron chi connectivity index (χ0n) is 13.7. The predicted molar refractivity (Wildman–Crippen MR) is 101 cm³/mol. The van der Waals surface area contributed by atoms with E-state index in [2.05, 4.69) is 38.1 Å². The molecule has 26 heavy (non-hydrogen) atoms. The zero-order valence-corrected chi connectivity index (χ0v) is 13.7. The van der Waals surface area contributed by atoms with E-state index in [1.165, 1.54) is 6.33 Å². The van der Waals surface area contributed by atoms with Crippen LogP contribution in [0.3, 0.4) is 0 Å². The average Bonchev–Trinajstić information content (AvgIpc) is 2.73. The molecule has 0 fully saturated rings. The Bertz CT molecular complexity index is 1070. The normalized spacial score (nSPS) is 11.1. The minimum Gasteiger partial charge on any atom is -0.256 e. The summed E-state index contributed by atoms with van der Waals surface area (Å²) in [5, 5.41) is 3.29. The van der Waals surface area contributed by atoms with E-state index in [4.69, 9.17) is 4.98 Å². The summed E-state index contributed by atoms with van der Waals surface area (Å²) >= 11 is 0. The lowest BCUT2D eigenvalue weighted by atomic mass is 9.89. The molecule has 0 N–H and O–H groups in total. The van der Waals surface area contributed by atoms with Crippen LogP contribution in [0.25, 0.3) is 43.9 Å². The smallest absolute Gasteiger partial charge is 0.115 e. The molecule has 5 heteroatoms. The molecular formula is C21H13N5. The largest absolute Gasteiger partial charge is 0.256 e. The van der Waals surface area contributed by atoms with Gasteiger partial charge in [0, 0.05) is 58.6 Å². The molecule has 0 saturated heterocycles. The number of fused-ring (bicyclic) bond motifs is 2. The fraction of sp³-hybridized carbons (Fsp3) is 0. The molecule has 0 saturated carbocycles. The van der Waals surface area contributed by atoms with Crippen molar-refractivity contribution in [3.8, 4) is 22.3 Å². The Morgan fingerprint density at radius 2 is 1.08 bits per heavy atom. The fourth-order valence-corrected chi connectivity index (χ4v) is 3.46. The molecule has 3 heterocycles. The van der Waals surface area contributed by atoms with Gasteiger partial charge in [0.25, 0.3) is 0 Å². The molecule has 0 atom stereocenters. The topological polar surface area (TPSA) is 64.5 Å². The van der Waals surface area contributed by atoms with Crippen molar-refractivity contribution in [1.82, 2.24) is 24.9 Å². The van der Waals surface area contributed by atoms with Crippen LogP contribution >= 0.6 is 0 Å². The number of hydrogen-bond donors (Lipinski definition) is 0. The van der Waals surface area contributed by atoms with Gasteiger partial charge in [0.1, 0.15) is 12.7 Å². The Labute approximate surface area is 149 Å². The van der Waals surface area contributed by atoms with Crippen LogP contribution in [0.4, 0.5) is 0 Å². The zero-order chi connectivity index (χ0) is 17.3. The van der Waals surface area contributed by atoms with E-state index in [-0.39, 0.29) is 0 Å². The molecule has 2 aromatic carbocycles. The standard InChI is InChI=1S/C21H13N5/c1-2-5-17-16(4-1)19(14-8-22-12-23-9-14)18-6-3-7-26-21(18)20(17)15-10-24-13-25-11-15/h1-13H. The molecule has 3 aromatic heterocycles. The third-order valence-electron chi connectivity index (χ3n) is 4.48. The highest BCUT2D eigenvalue weighted by atomic mass is 14.8. The summed E-state index contributed by atoms with van der Waals surface area (Å²) in [6, 6.07) is 12.4. The molecule has 0 amide bonds. The number of nitrogens with zero attached hydrogens (tertiary/aromatic N) is 5. The molecule has 5 rings (SSSR count). The highest BCUT2D eigenvalue weighted by Crippen LogP contribution is 2.41. The minimum atomic E-state index is 0.917. The van der Waals surface area contributed by atoms with Crippen LogP contribution in [0, 0.1) is 0 Å². The third-order valence-corrected chi connectivity index (χ3v) is 4.48. The van der Waals surface area contributed by atoms with Gasteiger partial charge in [0.05, 0.1) is 5.52 Å². The SMILES string of the molecule is c1ccc2c(-c3cncnc3)c3ncccc3c(-c3cncnc3)c2c1. The van der Waals surface area contributed by atoms with Crippen molar-refractivity contribution in [3.63, 3.8) is 0 Å². The van der Waals surface area contributed by atoms with Gasteiger partial charge in [-0.15, -0.1) is 0 Å². The molecule has 122 valence electrons. The highest BCUT2D eigenvalue weighted by molar-refractivity contribution is 6.19. The molecule has 5 aromatic rings. The lowest BCUT2D eigenvalue weighted by Crippen LogP contribution is -1.93. The molecule has 5 nitrogen and oxygen atoms in total.